The Bertz CT molecular complexity index is 961. The number of nitrogens with one attached hydrogen (secondary N) is 1. The number of halogens is 3. The Balaban J connectivity index is 2.40. The molecule has 1 N–H and O–H groups in total. The normalized spacial score (nSPS) is 12.9. The van der Waals surface area contributed by atoms with Crippen LogP contribution in [0.1, 0.15) is 12.5 Å². The van der Waals surface area contributed by atoms with Gasteiger partial charge in [-0.15, -0.1) is 0 Å². The van der Waals surface area contributed by atoms with Crippen molar-refractivity contribution < 1.29 is 31.1 Å². The minimum absolute atomic E-state index is 0.264. The summed E-state index contributed by atoms with van der Waals surface area (Å²) in [5.41, 5.74) is -0.977. The Hall–Kier alpha value is -2.75. The van der Waals surface area contributed by atoms with Crippen molar-refractivity contribution in [1.29, 1.82) is 0 Å². The molecule has 1 amide bonds. The third-order valence-corrected chi connectivity index (χ3v) is 5.12. The van der Waals surface area contributed by atoms with Gasteiger partial charge in [-0.1, -0.05) is 18.2 Å². The Kier molecular flexibility index (Phi) is 6.23. The fourth-order valence-corrected chi connectivity index (χ4v) is 3.78. The van der Waals surface area contributed by atoms with Crippen molar-refractivity contribution in [2.75, 3.05) is 23.0 Å². The second-order valence-corrected chi connectivity index (χ2v) is 7.83. The standard InChI is InChI=1S/C18H19F3N2O4S/c1-12(17(24)22-15-9-4-5-10-16(15)27-2)23(28(3,25)26)14-8-6-7-13(11-14)18(19,20)21/h4-12H,1-3H3,(H,22,24)/t12-/m0/s1. The first kappa shape index (κ1) is 21.5. The lowest BCUT2D eigenvalue weighted by atomic mass is 10.1. The minimum Gasteiger partial charge on any atom is -0.495 e. The number of methoxy groups -OCH3 is 1. The first-order valence-corrected chi connectivity index (χ1v) is 9.90. The summed E-state index contributed by atoms with van der Waals surface area (Å²) in [7, 11) is -2.66. The predicted octanol–water partition coefficient (Wildman–Crippen LogP) is 3.51. The number of benzene rings is 2. The summed E-state index contributed by atoms with van der Waals surface area (Å²) in [5, 5.41) is 2.54. The summed E-state index contributed by atoms with van der Waals surface area (Å²) in [4.78, 5) is 12.6. The number of para-hydroxylation sites is 2. The monoisotopic (exact) mass is 416 g/mol. The van der Waals surface area contributed by atoms with Crippen LogP contribution in [0.25, 0.3) is 0 Å². The molecule has 10 heteroatoms. The van der Waals surface area contributed by atoms with Crippen LogP contribution in [0.4, 0.5) is 24.5 Å². The van der Waals surface area contributed by atoms with Gasteiger partial charge in [0.25, 0.3) is 0 Å². The van der Waals surface area contributed by atoms with E-state index < -0.39 is 33.7 Å². The van der Waals surface area contributed by atoms with Crippen LogP contribution in [0.5, 0.6) is 5.75 Å². The number of hydrogen-bond acceptors (Lipinski definition) is 4. The highest BCUT2D eigenvalue weighted by Crippen LogP contribution is 2.33. The van der Waals surface area contributed by atoms with Gasteiger partial charge < -0.3 is 10.1 Å². The van der Waals surface area contributed by atoms with Crippen LogP contribution < -0.4 is 14.4 Å². The molecule has 1 atom stereocenters. The maximum absolute atomic E-state index is 13.0. The van der Waals surface area contributed by atoms with Crippen LogP contribution >= 0.6 is 0 Å². The topological polar surface area (TPSA) is 75.7 Å². The third kappa shape index (κ3) is 4.94. The summed E-state index contributed by atoms with van der Waals surface area (Å²) >= 11 is 0. The van der Waals surface area contributed by atoms with Crippen molar-refractivity contribution in [2.45, 2.75) is 19.1 Å². The second-order valence-electron chi connectivity index (χ2n) is 5.97. The average Bonchev–Trinajstić information content (AvgIpc) is 2.60. The zero-order valence-electron chi connectivity index (χ0n) is 15.3. The number of carbonyl (C=O) groups is 1. The van der Waals surface area contributed by atoms with Crippen LogP contribution in [0.15, 0.2) is 48.5 Å². The molecule has 28 heavy (non-hydrogen) atoms. The number of ether oxygens (including phenoxy) is 1. The van der Waals surface area contributed by atoms with Crippen LogP contribution in [-0.4, -0.2) is 33.7 Å². The second kappa shape index (κ2) is 8.09. The van der Waals surface area contributed by atoms with Gasteiger partial charge in [-0.25, -0.2) is 8.42 Å². The van der Waals surface area contributed by atoms with E-state index in [9.17, 15) is 26.4 Å². The minimum atomic E-state index is -4.65. The Morgan fingerprint density at radius 1 is 1.14 bits per heavy atom. The molecule has 0 saturated carbocycles. The molecule has 0 aliphatic rings. The zero-order chi connectivity index (χ0) is 21.1. The van der Waals surface area contributed by atoms with Crippen LogP contribution in [-0.2, 0) is 21.0 Å². The molecule has 0 unspecified atom stereocenters. The van der Waals surface area contributed by atoms with E-state index in [1.807, 2.05) is 0 Å². The molecule has 2 aromatic rings. The molecule has 0 fully saturated rings. The van der Waals surface area contributed by atoms with Gasteiger partial charge in [-0.05, 0) is 37.3 Å². The summed E-state index contributed by atoms with van der Waals surface area (Å²) in [5.74, 6) is -0.375. The molecule has 0 bridgehead atoms. The lowest BCUT2D eigenvalue weighted by molar-refractivity contribution is -0.137. The number of hydrogen-bond donors (Lipinski definition) is 1. The van der Waals surface area contributed by atoms with Gasteiger partial charge in [0.15, 0.2) is 0 Å². The number of sulfonamides is 1. The molecule has 6 nitrogen and oxygen atoms in total. The number of carbonyl (C=O) groups excluding carboxylic acids is 1. The molecule has 0 radical (unpaired) electrons. The quantitative estimate of drug-likeness (QED) is 0.782. The highest BCUT2D eigenvalue weighted by Gasteiger charge is 2.34. The van der Waals surface area contributed by atoms with E-state index in [0.29, 0.717) is 21.8 Å². The fourth-order valence-electron chi connectivity index (χ4n) is 2.61. The van der Waals surface area contributed by atoms with E-state index in [-0.39, 0.29) is 5.69 Å². The van der Waals surface area contributed by atoms with E-state index in [2.05, 4.69) is 5.32 Å². The Morgan fingerprint density at radius 2 is 1.79 bits per heavy atom. The molecule has 0 aliphatic carbocycles. The molecule has 2 aromatic carbocycles. The lowest BCUT2D eigenvalue weighted by Crippen LogP contribution is -2.45. The maximum Gasteiger partial charge on any atom is 0.416 e. The number of nitrogens with zero attached hydrogens (tertiary/aromatic N) is 1. The van der Waals surface area contributed by atoms with Crippen molar-refractivity contribution in [3.05, 3.63) is 54.1 Å². The van der Waals surface area contributed by atoms with Crippen LogP contribution in [0.2, 0.25) is 0 Å². The average molecular weight is 416 g/mol. The van der Waals surface area contributed by atoms with Gasteiger partial charge in [0.1, 0.15) is 11.8 Å². The van der Waals surface area contributed by atoms with E-state index in [4.69, 9.17) is 4.74 Å². The lowest BCUT2D eigenvalue weighted by Gasteiger charge is -2.28. The third-order valence-electron chi connectivity index (χ3n) is 3.88. The van der Waals surface area contributed by atoms with Gasteiger partial charge in [-0.2, -0.15) is 13.2 Å². The molecule has 0 aromatic heterocycles. The molecule has 152 valence electrons. The van der Waals surface area contributed by atoms with Crippen molar-refractivity contribution >= 4 is 27.3 Å². The van der Waals surface area contributed by atoms with Gasteiger partial charge in [-0.3, -0.25) is 9.10 Å². The highest BCUT2D eigenvalue weighted by atomic mass is 32.2. The number of anilines is 2. The maximum atomic E-state index is 13.0. The summed E-state index contributed by atoms with van der Waals surface area (Å²) < 4.78 is 69.3. The highest BCUT2D eigenvalue weighted by molar-refractivity contribution is 7.92. The summed E-state index contributed by atoms with van der Waals surface area (Å²) in [6.45, 7) is 1.28. The molecule has 0 heterocycles. The SMILES string of the molecule is COc1ccccc1NC(=O)[C@H](C)N(c1cccc(C(F)(F)F)c1)S(C)(=O)=O. The summed E-state index contributed by atoms with van der Waals surface area (Å²) in [6, 6.07) is 8.96. The molecule has 0 aliphatic heterocycles. The van der Waals surface area contributed by atoms with Gasteiger partial charge in [0.2, 0.25) is 15.9 Å². The molecule has 0 spiro atoms. The van der Waals surface area contributed by atoms with Crippen LogP contribution in [0, 0.1) is 0 Å². The van der Waals surface area contributed by atoms with Crippen molar-refractivity contribution in [3.8, 4) is 5.75 Å². The molecular weight excluding hydrogens is 397 g/mol. The largest absolute Gasteiger partial charge is 0.495 e. The molecule has 0 saturated heterocycles. The Labute approximate surface area is 161 Å². The number of rotatable bonds is 6. The number of alkyl halides is 3. The van der Waals surface area contributed by atoms with Gasteiger partial charge in [0.05, 0.1) is 30.3 Å². The van der Waals surface area contributed by atoms with E-state index >= 15 is 0 Å². The number of amides is 1. The molecule has 2 rings (SSSR count). The van der Waals surface area contributed by atoms with Crippen molar-refractivity contribution in [2.24, 2.45) is 0 Å². The van der Waals surface area contributed by atoms with Crippen molar-refractivity contribution in [1.82, 2.24) is 0 Å². The van der Waals surface area contributed by atoms with Crippen molar-refractivity contribution in [3.63, 3.8) is 0 Å². The first-order chi connectivity index (χ1) is 12.9. The zero-order valence-corrected chi connectivity index (χ0v) is 16.1. The van der Waals surface area contributed by atoms with Gasteiger partial charge >= 0.3 is 6.18 Å². The summed E-state index contributed by atoms with van der Waals surface area (Å²) in [6.07, 6.45) is -3.83. The van der Waals surface area contributed by atoms with Gasteiger partial charge in [0, 0.05) is 0 Å². The Morgan fingerprint density at radius 3 is 2.36 bits per heavy atom. The first-order valence-electron chi connectivity index (χ1n) is 8.05. The predicted molar refractivity (Wildman–Crippen MR) is 99.9 cm³/mol. The fraction of sp³-hybridized carbons (Fsp3) is 0.278. The van der Waals surface area contributed by atoms with E-state index in [1.54, 1.807) is 24.3 Å². The smallest absolute Gasteiger partial charge is 0.416 e. The van der Waals surface area contributed by atoms with Crippen LogP contribution in [0.3, 0.4) is 0 Å². The molecular formula is C18H19F3N2O4S. The van der Waals surface area contributed by atoms with E-state index in [1.165, 1.54) is 20.1 Å². The van der Waals surface area contributed by atoms with E-state index in [0.717, 1.165) is 18.4 Å².